The summed E-state index contributed by atoms with van der Waals surface area (Å²) in [5.41, 5.74) is 2.79. The Kier molecular flexibility index (Phi) is 5.75. The molecule has 6 heteroatoms. The number of rotatable bonds is 6. The Bertz CT molecular complexity index is 827. The summed E-state index contributed by atoms with van der Waals surface area (Å²) >= 11 is 0. The lowest BCUT2D eigenvalue weighted by Crippen LogP contribution is -2.13. The van der Waals surface area contributed by atoms with Gasteiger partial charge >= 0.3 is 0 Å². The van der Waals surface area contributed by atoms with E-state index in [2.05, 4.69) is 12.2 Å². The molecule has 0 radical (unpaired) electrons. The van der Waals surface area contributed by atoms with E-state index in [4.69, 9.17) is 4.55 Å². The van der Waals surface area contributed by atoms with Gasteiger partial charge in [-0.3, -0.25) is 9.35 Å². The van der Waals surface area contributed by atoms with Crippen molar-refractivity contribution in [2.45, 2.75) is 38.0 Å². The SMILES string of the molecule is CCCCc1ccc(C(=O)Nc2ccc(S(=O)(=O)O)cc2C)cc1. The van der Waals surface area contributed by atoms with E-state index in [1.54, 1.807) is 19.1 Å². The third kappa shape index (κ3) is 4.66. The number of anilines is 1. The van der Waals surface area contributed by atoms with Crippen molar-refractivity contribution in [1.82, 2.24) is 0 Å². The maximum absolute atomic E-state index is 12.3. The van der Waals surface area contributed by atoms with Crippen LogP contribution in [0, 0.1) is 6.92 Å². The first-order valence-corrected chi connectivity index (χ1v) is 9.23. The minimum atomic E-state index is -4.25. The molecule has 2 aromatic rings. The van der Waals surface area contributed by atoms with E-state index in [1.165, 1.54) is 23.8 Å². The predicted molar refractivity (Wildman–Crippen MR) is 94.0 cm³/mol. The quantitative estimate of drug-likeness (QED) is 0.778. The van der Waals surface area contributed by atoms with Gasteiger partial charge in [-0.2, -0.15) is 8.42 Å². The van der Waals surface area contributed by atoms with Crippen molar-refractivity contribution < 1.29 is 17.8 Å². The van der Waals surface area contributed by atoms with E-state index >= 15 is 0 Å². The van der Waals surface area contributed by atoms with Crippen LogP contribution in [-0.2, 0) is 16.5 Å². The van der Waals surface area contributed by atoms with Crippen molar-refractivity contribution in [1.29, 1.82) is 0 Å². The second kappa shape index (κ2) is 7.59. The van der Waals surface area contributed by atoms with Gasteiger partial charge < -0.3 is 5.32 Å². The molecule has 0 aliphatic carbocycles. The van der Waals surface area contributed by atoms with Crippen LogP contribution in [0.1, 0.15) is 41.3 Å². The van der Waals surface area contributed by atoms with Crippen LogP contribution in [-0.4, -0.2) is 18.9 Å². The highest BCUT2D eigenvalue weighted by atomic mass is 32.2. The van der Waals surface area contributed by atoms with Crippen molar-refractivity contribution in [2.24, 2.45) is 0 Å². The fraction of sp³-hybridized carbons (Fsp3) is 0.278. The first-order chi connectivity index (χ1) is 11.3. The molecule has 0 fully saturated rings. The molecule has 128 valence electrons. The molecule has 5 nitrogen and oxygen atoms in total. The molecule has 2 aromatic carbocycles. The Hall–Kier alpha value is -2.18. The van der Waals surface area contributed by atoms with E-state index in [0.717, 1.165) is 19.3 Å². The van der Waals surface area contributed by atoms with E-state index in [-0.39, 0.29) is 10.8 Å². The molecular formula is C18H21NO4S. The fourth-order valence-electron chi connectivity index (χ4n) is 2.34. The minimum absolute atomic E-state index is 0.196. The predicted octanol–water partition coefficient (Wildman–Crippen LogP) is 3.84. The second-order valence-electron chi connectivity index (χ2n) is 5.71. The average molecular weight is 347 g/mol. The number of hydrogen-bond acceptors (Lipinski definition) is 3. The lowest BCUT2D eigenvalue weighted by Gasteiger charge is -2.10. The maximum Gasteiger partial charge on any atom is 0.294 e. The molecule has 2 N–H and O–H groups in total. The van der Waals surface area contributed by atoms with Gasteiger partial charge in [0.05, 0.1) is 4.90 Å². The summed E-state index contributed by atoms with van der Waals surface area (Å²) in [4.78, 5) is 12.1. The van der Waals surface area contributed by atoms with Crippen LogP contribution in [0.15, 0.2) is 47.4 Å². The maximum atomic E-state index is 12.3. The van der Waals surface area contributed by atoms with Crippen LogP contribution in [0.4, 0.5) is 5.69 Å². The first-order valence-electron chi connectivity index (χ1n) is 7.79. The summed E-state index contributed by atoms with van der Waals surface area (Å²) < 4.78 is 31.3. The van der Waals surface area contributed by atoms with Crippen molar-refractivity contribution in [3.8, 4) is 0 Å². The largest absolute Gasteiger partial charge is 0.322 e. The van der Waals surface area contributed by atoms with E-state index in [1.807, 2.05) is 12.1 Å². The highest BCUT2D eigenvalue weighted by molar-refractivity contribution is 7.85. The second-order valence-corrected chi connectivity index (χ2v) is 7.13. The zero-order valence-corrected chi connectivity index (χ0v) is 14.6. The van der Waals surface area contributed by atoms with Crippen LogP contribution >= 0.6 is 0 Å². The van der Waals surface area contributed by atoms with Gasteiger partial charge in [0, 0.05) is 11.3 Å². The highest BCUT2D eigenvalue weighted by Gasteiger charge is 2.13. The number of hydrogen-bond donors (Lipinski definition) is 2. The van der Waals surface area contributed by atoms with Crippen LogP contribution in [0.5, 0.6) is 0 Å². The standard InChI is InChI=1S/C18H21NO4S/c1-3-4-5-14-6-8-15(9-7-14)18(20)19-17-11-10-16(12-13(17)2)24(21,22)23/h6-12H,3-5H2,1-2H3,(H,19,20)(H,21,22,23). The lowest BCUT2D eigenvalue weighted by atomic mass is 10.1. The fourth-order valence-corrected chi connectivity index (χ4v) is 2.90. The molecule has 2 rings (SSSR count). The summed E-state index contributed by atoms with van der Waals surface area (Å²) in [5, 5.41) is 2.75. The van der Waals surface area contributed by atoms with Gasteiger partial charge in [-0.25, -0.2) is 0 Å². The van der Waals surface area contributed by atoms with Crippen LogP contribution in [0.25, 0.3) is 0 Å². The summed E-state index contributed by atoms with van der Waals surface area (Å²) in [6.07, 6.45) is 3.24. The molecule has 0 unspecified atom stereocenters. The van der Waals surface area contributed by atoms with Gasteiger partial charge in [0.1, 0.15) is 0 Å². The Balaban J connectivity index is 2.12. The zero-order valence-electron chi connectivity index (χ0n) is 13.7. The van der Waals surface area contributed by atoms with Crippen LogP contribution in [0.2, 0.25) is 0 Å². The number of carbonyl (C=O) groups excluding carboxylic acids is 1. The molecule has 0 aromatic heterocycles. The van der Waals surface area contributed by atoms with Crippen LogP contribution < -0.4 is 5.32 Å². The monoisotopic (exact) mass is 347 g/mol. The summed E-state index contributed by atoms with van der Waals surface area (Å²) in [5.74, 6) is -0.264. The molecule has 0 atom stereocenters. The molecular weight excluding hydrogens is 326 g/mol. The van der Waals surface area contributed by atoms with Crippen molar-refractivity contribution >= 4 is 21.7 Å². The summed E-state index contributed by atoms with van der Waals surface area (Å²) in [7, 11) is -4.25. The van der Waals surface area contributed by atoms with Crippen molar-refractivity contribution in [3.63, 3.8) is 0 Å². The van der Waals surface area contributed by atoms with Gasteiger partial charge in [0.15, 0.2) is 0 Å². The van der Waals surface area contributed by atoms with Crippen molar-refractivity contribution in [3.05, 3.63) is 59.2 Å². The molecule has 1 amide bonds. The Morgan fingerprint density at radius 2 is 1.79 bits per heavy atom. The molecule has 0 bridgehead atoms. The third-order valence-electron chi connectivity index (χ3n) is 3.78. The zero-order chi connectivity index (χ0) is 17.7. The minimum Gasteiger partial charge on any atom is -0.322 e. The molecule has 0 saturated heterocycles. The molecule has 0 aliphatic heterocycles. The number of benzene rings is 2. The summed E-state index contributed by atoms with van der Waals surface area (Å²) in [6.45, 7) is 3.80. The van der Waals surface area contributed by atoms with Gasteiger partial charge in [-0.05, 0) is 61.2 Å². The average Bonchev–Trinajstić information content (AvgIpc) is 2.54. The number of carbonyl (C=O) groups is 1. The van der Waals surface area contributed by atoms with Gasteiger partial charge in [-0.1, -0.05) is 25.5 Å². The van der Waals surface area contributed by atoms with Gasteiger partial charge in [0.2, 0.25) is 0 Å². The van der Waals surface area contributed by atoms with Gasteiger partial charge in [0.25, 0.3) is 16.0 Å². The first kappa shape index (κ1) is 18.2. The topological polar surface area (TPSA) is 83.5 Å². The number of amides is 1. The smallest absolute Gasteiger partial charge is 0.294 e. The molecule has 24 heavy (non-hydrogen) atoms. The lowest BCUT2D eigenvalue weighted by molar-refractivity contribution is 0.102. The molecule has 0 spiro atoms. The van der Waals surface area contributed by atoms with E-state index in [0.29, 0.717) is 16.8 Å². The highest BCUT2D eigenvalue weighted by Crippen LogP contribution is 2.20. The van der Waals surface area contributed by atoms with E-state index < -0.39 is 10.1 Å². The number of aryl methyl sites for hydroxylation is 2. The Morgan fingerprint density at radius 1 is 1.12 bits per heavy atom. The number of unbranched alkanes of at least 4 members (excludes halogenated alkanes) is 1. The molecule has 0 heterocycles. The molecule has 0 aliphatic rings. The number of nitrogens with one attached hydrogen (secondary N) is 1. The Morgan fingerprint density at radius 3 is 2.33 bits per heavy atom. The molecule has 0 saturated carbocycles. The Labute approximate surface area is 142 Å². The summed E-state index contributed by atoms with van der Waals surface area (Å²) in [6, 6.07) is 11.5. The third-order valence-corrected chi connectivity index (χ3v) is 4.63. The van der Waals surface area contributed by atoms with E-state index in [9.17, 15) is 13.2 Å². The normalized spacial score (nSPS) is 11.3. The van der Waals surface area contributed by atoms with Gasteiger partial charge in [-0.15, -0.1) is 0 Å². The van der Waals surface area contributed by atoms with Crippen LogP contribution in [0.3, 0.4) is 0 Å². The van der Waals surface area contributed by atoms with Crippen molar-refractivity contribution in [2.75, 3.05) is 5.32 Å².